The van der Waals surface area contributed by atoms with Gasteiger partial charge in [-0.1, -0.05) is 54.4 Å². The lowest BCUT2D eigenvalue weighted by atomic mass is 9.83. The fourth-order valence-electron chi connectivity index (χ4n) is 3.73. The van der Waals surface area contributed by atoms with Gasteiger partial charge in [0.2, 0.25) is 0 Å². The molecule has 1 aliphatic heterocycles. The third kappa shape index (κ3) is 4.46. The van der Waals surface area contributed by atoms with Gasteiger partial charge in [-0.25, -0.2) is 0 Å². The molecule has 2 N–H and O–H groups in total. The predicted molar refractivity (Wildman–Crippen MR) is 110 cm³/mol. The highest BCUT2D eigenvalue weighted by molar-refractivity contribution is 6.30. The van der Waals surface area contributed by atoms with E-state index in [0.29, 0.717) is 16.6 Å². The lowest BCUT2D eigenvalue weighted by Gasteiger charge is -2.46. The minimum absolute atomic E-state index is 0.00181. The topological polar surface area (TPSA) is 52.6 Å². The minimum Gasteiger partial charge on any atom is -0.481 e. The normalized spacial score (nSPS) is 22.0. The van der Waals surface area contributed by atoms with Gasteiger partial charge in [0.1, 0.15) is 0 Å². The van der Waals surface area contributed by atoms with Gasteiger partial charge in [-0.2, -0.15) is 0 Å². The van der Waals surface area contributed by atoms with E-state index in [0.717, 1.165) is 24.2 Å². The van der Waals surface area contributed by atoms with E-state index >= 15 is 0 Å². The minimum atomic E-state index is -0.790. The second-order valence-electron chi connectivity index (χ2n) is 7.38. The van der Waals surface area contributed by atoms with Gasteiger partial charge >= 0.3 is 5.97 Å². The number of carboxylic acid groups (broad SMARTS) is 1. The molecule has 1 aliphatic rings. The molecule has 0 spiro atoms. The maximum atomic E-state index is 11.6. The Morgan fingerprint density at radius 3 is 2.00 bits per heavy atom. The third-order valence-electron chi connectivity index (χ3n) is 5.52. The second-order valence-corrected chi connectivity index (χ2v) is 8.25. The molecule has 3 rings (SSSR count). The molecule has 2 aromatic rings. The molecule has 2 unspecified atom stereocenters. The van der Waals surface area contributed by atoms with Gasteiger partial charge in [0, 0.05) is 35.2 Å². The summed E-state index contributed by atoms with van der Waals surface area (Å²) in [6, 6.07) is 15.7. The van der Waals surface area contributed by atoms with Gasteiger partial charge in [-0.15, -0.1) is 0 Å². The van der Waals surface area contributed by atoms with Crippen molar-refractivity contribution in [1.82, 2.24) is 10.2 Å². The first-order valence-electron chi connectivity index (χ1n) is 9.03. The molecule has 0 radical (unpaired) electrons. The summed E-state index contributed by atoms with van der Waals surface area (Å²) in [5, 5.41) is 14.3. The molecule has 0 saturated carbocycles. The molecule has 0 aromatic heterocycles. The monoisotopic (exact) mass is 406 g/mol. The number of rotatable bonds is 5. The smallest absolute Gasteiger partial charge is 0.308 e. The number of carbonyl (C=O) groups is 1. The zero-order valence-electron chi connectivity index (χ0n) is 15.5. The van der Waals surface area contributed by atoms with E-state index in [2.05, 4.69) is 10.2 Å². The number of nitrogens with one attached hydrogen (secondary N) is 1. The van der Waals surface area contributed by atoms with Gasteiger partial charge in [0.05, 0.1) is 12.0 Å². The lowest BCUT2D eigenvalue weighted by molar-refractivity contribution is -0.144. The largest absolute Gasteiger partial charge is 0.481 e. The van der Waals surface area contributed by atoms with Crippen LogP contribution in [0.15, 0.2) is 48.5 Å². The Kier molecular flexibility index (Phi) is 6.11. The Bertz CT molecular complexity index is 749. The highest BCUT2D eigenvalue weighted by Crippen LogP contribution is 2.34. The highest BCUT2D eigenvalue weighted by Gasteiger charge is 2.41. The number of hydrogen-bond acceptors (Lipinski definition) is 3. The van der Waals surface area contributed by atoms with Crippen molar-refractivity contribution < 1.29 is 9.90 Å². The first-order chi connectivity index (χ1) is 12.8. The van der Waals surface area contributed by atoms with E-state index in [9.17, 15) is 9.90 Å². The van der Waals surface area contributed by atoms with E-state index in [1.54, 1.807) is 6.92 Å². The second kappa shape index (κ2) is 8.19. The maximum absolute atomic E-state index is 11.6. The number of carboxylic acids is 1. The van der Waals surface area contributed by atoms with Crippen LogP contribution in [-0.4, -0.2) is 41.1 Å². The van der Waals surface area contributed by atoms with Crippen molar-refractivity contribution in [2.45, 2.75) is 25.4 Å². The summed E-state index contributed by atoms with van der Waals surface area (Å²) in [5.74, 6) is -1.29. The van der Waals surface area contributed by atoms with Crippen LogP contribution in [0.1, 0.15) is 31.0 Å². The van der Waals surface area contributed by atoms with Crippen molar-refractivity contribution in [2.24, 2.45) is 5.92 Å². The summed E-state index contributed by atoms with van der Waals surface area (Å²) in [5.41, 5.74) is 1.73. The zero-order valence-corrected chi connectivity index (χ0v) is 17.0. The van der Waals surface area contributed by atoms with Crippen LogP contribution in [0.25, 0.3) is 0 Å². The standard InChI is InChI=1S/C21H24Cl2N2O2/c1-14(20(26)27)21(2)13-25(12-11-24-21)19(15-3-7-17(22)8-4-15)16-5-9-18(23)10-6-16/h3-10,14,19,24H,11-13H2,1-2H3,(H,26,27). The SMILES string of the molecule is CC(C(=O)O)C1(C)CN(C(c2ccc(Cl)cc2)c2ccc(Cl)cc2)CCN1. The Morgan fingerprint density at radius 2 is 1.56 bits per heavy atom. The van der Waals surface area contributed by atoms with Crippen molar-refractivity contribution >= 4 is 29.2 Å². The summed E-state index contributed by atoms with van der Waals surface area (Å²) in [4.78, 5) is 13.9. The van der Waals surface area contributed by atoms with Crippen LogP contribution in [0.2, 0.25) is 10.0 Å². The maximum Gasteiger partial charge on any atom is 0.308 e. The van der Waals surface area contributed by atoms with E-state index in [1.807, 2.05) is 55.5 Å². The molecule has 1 fully saturated rings. The summed E-state index contributed by atoms with van der Waals surface area (Å²) in [6.45, 7) is 5.91. The molecule has 27 heavy (non-hydrogen) atoms. The van der Waals surface area contributed by atoms with Crippen molar-refractivity contribution in [3.8, 4) is 0 Å². The number of nitrogens with zero attached hydrogens (tertiary/aromatic N) is 1. The van der Waals surface area contributed by atoms with Crippen molar-refractivity contribution in [3.63, 3.8) is 0 Å². The number of piperazine rings is 1. The Morgan fingerprint density at radius 1 is 1.07 bits per heavy atom. The summed E-state index contributed by atoms with van der Waals surface area (Å²) in [6.07, 6.45) is 0. The molecule has 0 amide bonds. The van der Waals surface area contributed by atoms with Crippen molar-refractivity contribution in [2.75, 3.05) is 19.6 Å². The lowest BCUT2D eigenvalue weighted by Crippen LogP contribution is -2.63. The predicted octanol–water partition coefficient (Wildman–Crippen LogP) is 4.47. The zero-order chi connectivity index (χ0) is 19.6. The Balaban J connectivity index is 1.98. The highest BCUT2D eigenvalue weighted by atomic mass is 35.5. The van der Waals surface area contributed by atoms with Gasteiger partial charge in [-0.3, -0.25) is 9.69 Å². The van der Waals surface area contributed by atoms with E-state index in [1.165, 1.54) is 0 Å². The van der Waals surface area contributed by atoms with Crippen LogP contribution in [0.5, 0.6) is 0 Å². The molecule has 144 valence electrons. The molecule has 4 nitrogen and oxygen atoms in total. The molecule has 1 saturated heterocycles. The number of aliphatic carboxylic acids is 1. The van der Waals surface area contributed by atoms with Crippen molar-refractivity contribution in [3.05, 3.63) is 69.7 Å². The van der Waals surface area contributed by atoms with E-state index in [4.69, 9.17) is 23.2 Å². The van der Waals surface area contributed by atoms with Crippen LogP contribution < -0.4 is 5.32 Å². The van der Waals surface area contributed by atoms with Crippen LogP contribution in [0.4, 0.5) is 0 Å². The Hall–Kier alpha value is -1.59. The number of hydrogen-bond donors (Lipinski definition) is 2. The van der Waals surface area contributed by atoms with Gasteiger partial charge in [0.15, 0.2) is 0 Å². The molecule has 0 aliphatic carbocycles. The third-order valence-corrected chi connectivity index (χ3v) is 6.03. The summed E-state index contributed by atoms with van der Waals surface area (Å²) >= 11 is 12.2. The molecular weight excluding hydrogens is 383 g/mol. The fraction of sp³-hybridized carbons (Fsp3) is 0.381. The average Bonchev–Trinajstić information content (AvgIpc) is 2.64. The molecule has 0 bridgehead atoms. The molecule has 6 heteroatoms. The average molecular weight is 407 g/mol. The van der Waals surface area contributed by atoms with Crippen LogP contribution in [0, 0.1) is 5.92 Å². The molecular formula is C21H24Cl2N2O2. The van der Waals surface area contributed by atoms with Crippen LogP contribution in [0.3, 0.4) is 0 Å². The molecule has 2 atom stereocenters. The fourth-order valence-corrected chi connectivity index (χ4v) is 3.98. The summed E-state index contributed by atoms with van der Waals surface area (Å²) < 4.78 is 0. The quantitative estimate of drug-likeness (QED) is 0.768. The van der Waals surface area contributed by atoms with E-state index in [-0.39, 0.29) is 6.04 Å². The first kappa shape index (κ1) is 20.2. The van der Waals surface area contributed by atoms with Crippen LogP contribution >= 0.6 is 23.2 Å². The molecule has 2 aromatic carbocycles. The van der Waals surface area contributed by atoms with Crippen molar-refractivity contribution in [1.29, 1.82) is 0 Å². The number of halogens is 2. The van der Waals surface area contributed by atoms with Gasteiger partial charge in [0.25, 0.3) is 0 Å². The van der Waals surface area contributed by atoms with Gasteiger partial charge < -0.3 is 10.4 Å². The van der Waals surface area contributed by atoms with E-state index < -0.39 is 17.4 Å². The molecule has 1 heterocycles. The van der Waals surface area contributed by atoms with Gasteiger partial charge in [-0.05, 0) is 42.3 Å². The summed E-state index contributed by atoms with van der Waals surface area (Å²) in [7, 11) is 0. The number of benzene rings is 2. The Labute approximate surface area is 170 Å². The first-order valence-corrected chi connectivity index (χ1v) is 9.78. The van der Waals surface area contributed by atoms with Crippen LogP contribution in [-0.2, 0) is 4.79 Å².